The van der Waals surface area contributed by atoms with Crippen LogP contribution in [0.4, 0.5) is 0 Å². The highest BCUT2D eigenvalue weighted by Crippen LogP contribution is 2.19. The second-order valence-corrected chi connectivity index (χ2v) is 6.10. The lowest BCUT2D eigenvalue weighted by atomic mass is 10.2. The molecule has 0 saturated carbocycles. The third-order valence-electron chi connectivity index (χ3n) is 4.06. The number of hydrogen-bond donors (Lipinski definition) is 2. The first kappa shape index (κ1) is 21.8. The molecule has 7 heteroatoms. The number of carbonyl (C=O) groups is 2. The summed E-state index contributed by atoms with van der Waals surface area (Å²) in [7, 11) is 1.68. The Balaban J connectivity index is 0.000000487. The number of rotatable bonds is 7. The SMILES string of the molecule is COc1cccc(OCCCCN2CCCCCC2)c1.O=C(O)C(=O)O. The van der Waals surface area contributed by atoms with Crippen molar-refractivity contribution in [1.29, 1.82) is 0 Å². The van der Waals surface area contributed by atoms with E-state index in [0.29, 0.717) is 0 Å². The minimum atomic E-state index is -1.82. The molecule has 0 aliphatic carbocycles. The lowest BCUT2D eigenvalue weighted by Crippen LogP contribution is -2.25. The van der Waals surface area contributed by atoms with E-state index in [1.165, 1.54) is 51.7 Å². The van der Waals surface area contributed by atoms with Gasteiger partial charge in [0, 0.05) is 6.07 Å². The van der Waals surface area contributed by atoms with Crippen molar-refractivity contribution in [2.24, 2.45) is 0 Å². The van der Waals surface area contributed by atoms with Gasteiger partial charge < -0.3 is 24.6 Å². The molecule has 2 N–H and O–H groups in total. The molecule has 0 radical (unpaired) electrons. The summed E-state index contributed by atoms with van der Waals surface area (Å²) < 4.78 is 11.0. The van der Waals surface area contributed by atoms with Crippen LogP contribution in [-0.2, 0) is 9.59 Å². The maximum absolute atomic E-state index is 9.10. The third kappa shape index (κ3) is 9.88. The van der Waals surface area contributed by atoms with Crippen molar-refractivity contribution in [2.45, 2.75) is 38.5 Å². The number of unbranched alkanes of at least 4 members (excludes halogenated alkanes) is 1. The number of hydrogen-bond acceptors (Lipinski definition) is 5. The van der Waals surface area contributed by atoms with Gasteiger partial charge in [-0.05, 0) is 57.5 Å². The van der Waals surface area contributed by atoms with Gasteiger partial charge in [-0.15, -0.1) is 0 Å². The van der Waals surface area contributed by atoms with Gasteiger partial charge in [-0.1, -0.05) is 18.9 Å². The van der Waals surface area contributed by atoms with Crippen molar-refractivity contribution in [3.8, 4) is 11.5 Å². The van der Waals surface area contributed by atoms with Crippen LogP contribution >= 0.6 is 0 Å². The monoisotopic (exact) mass is 367 g/mol. The molecule has 26 heavy (non-hydrogen) atoms. The van der Waals surface area contributed by atoms with E-state index >= 15 is 0 Å². The van der Waals surface area contributed by atoms with Crippen LogP contribution in [0, 0.1) is 0 Å². The maximum atomic E-state index is 9.10. The fourth-order valence-electron chi connectivity index (χ4n) is 2.68. The fourth-order valence-corrected chi connectivity index (χ4v) is 2.68. The second kappa shape index (κ2) is 13.0. The van der Waals surface area contributed by atoms with E-state index in [2.05, 4.69) is 4.90 Å². The van der Waals surface area contributed by atoms with Crippen LogP contribution in [0.25, 0.3) is 0 Å². The number of carboxylic acids is 2. The zero-order valence-electron chi connectivity index (χ0n) is 15.4. The van der Waals surface area contributed by atoms with Gasteiger partial charge in [0.05, 0.1) is 13.7 Å². The normalized spacial score (nSPS) is 14.5. The molecular weight excluding hydrogens is 338 g/mol. The lowest BCUT2D eigenvalue weighted by Gasteiger charge is -2.19. The highest BCUT2D eigenvalue weighted by Gasteiger charge is 2.08. The van der Waals surface area contributed by atoms with Crippen LogP contribution in [0.2, 0.25) is 0 Å². The first-order valence-electron chi connectivity index (χ1n) is 8.98. The largest absolute Gasteiger partial charge is 0.497 e. The molecule has 0 bridgehead atoms. The van der Waals surface area contributed by atoms with E-state index < -0.39 is 11.9 Å². The molecule has 0 aromatic heterocycles. The number of likely N-dealkylation sites (tertiary alicyclic amines) is 1. The summed E-state index contributed by atoms with van der Waals surface area (Å²) in [6.45, 7) is 4.59. The summed E-state index contributed by atoms with van der Waals surface area (Å²) in [5.74, 6) is -1.89. The number of nitrogens with zero attached hydrogens (tertiary/aromatic N) is 1. The molecule has 0 atom stereocenters. The topological polar surface area (TPSA) is 96.3 Å². The van der Waals surface area contributed by atoms with E-state index in [1.54, 1.807) is 7.11 Å². The van der Waals surface area contributed by atoms with Gasteiger partial charge in [-0.2, -0.15) is 0 Å². The van der Waals surface area contributed by atoms with E-state index in [0.717, 1.165) is 24.5 Å². The van der Waals surface area contributed by atoms with Gasteiger partial charge in [0.2, 0.25) is 0 Å². The standard InChI is InChI=1S/C17H27NO2.C2H2O4/c1-19-16-9-8-10-17(15-16)20-14-7-6-13-18-11-4-2-3-5-12-18;3-1(4)2(5)6/h8-10,15H,2-7,11-14H2,1H3;(H,3,4)(H,5,6). The summed E-state index contributed by atoms with van der Waals surface area (Å²) in [6, 6.07) is 7.82. The van der Waals surface area contributed by atoms with Crippen molar-refractivity contribution in [1.82, 2.24) is 4.90 Å². The summed E-state index contributed by atoms with van der Waals surface area (Å²) in [6.07, 6.45) is 7.92. The molecule has 1 aromatic rings. The first-order valence-corrected chi connectivity index (χ1v) is 8.98. The molecule has 1 aliphatic heterocycles. The molecular formula is C19H29NO6. The molecule has 7 nitrogen and oxygen atoms in total. The summed E-state index contributed by atoms with van der Waals surface area (Å²) in [5, 5.41) is 14.8. The van der Waals surface area contributed by atoms with Crippen LogP contribution in [-0.4, -0.2) is 60.4 Å². The Kier molecular flexibility index (Phi) is 10.9. The average Bonchev–Trinajstić information content (AvgIpc) is 2.91. The predicted molar refractivity (Wildman–Crippen MR) is 97.9 cm³/mol. The minimum Gasteiger partial charge on any atom is -0.497 e. The molecule has 1 fully saturated rings. The van der Waals surface area contributed by atoms with E-state index in [9.17, 15) is 0 Å². The van der Waals surface area contributed by atoms with Crippen LogP contribution in [0.1, 0.15) is 38.5 Å². The number of ether oxygens (including phenoxy) is 2. The number of carboxylic acid groups (broad SMARTS) is 2. The highest BCUT2D eigenvalue weighted by atomic mass is 16.5. The van der Waals surface area contributed by atoms with Crippen molar-refractivity contribution in [3.63, 3.8) is 0 Å². The van der Waals surface area contributed by atoms with Crippen LogP contribution in [0.3, 0.4) is 0 Å². The Morgan fingerprint density at radius 1 is 1.00 bits per heavy atom. The molecule has 1 aromatic carbocycles. The van der Waals surface area contributed by atoms with Gasteiger partial charge in [0.15, 0.2) is 0 Å². The lowest BCUT2D eigenvalue weighted by molar-refractivity contribution is -0.159. The molecule has 1 saturated heterocycles. The van der Waals surface area contributed by atoms with Crippen LogP contribution < -0.4 is 9.47 Å². The van der Waals surface area contributed by atoms with Crippen molar-refractivity contribution in [2.75, 3.05) is 33.4 Å². The highest BCUT2D eigenvalue weighted by molar-refractivity contribution is 6.27. The molecule has 0 unspecified atom stereocenters. The summed E-state index contributed by atoms with van der Waals surface area (Å²) in [5.41, 5.74) is 0. The smallest absolute Gasteiger partial charge is 0.414 e. The average molecular weight is 367 g/mol. The van der Waals surface area contributed by atoms with Gasteiger partial charge in [-0.3, -0.25) is 0 Å². The van der Waals surface area contributed by atoms with Crippen LogP contribution in [0.5, 0.6) is 11.5 Å². The fraction of sp³-hybridized carbons (Fsp3) is 0.579. The molecule has 0 spiro atoms. The Bertz CT molecular complexity index is 529. The molecule has 2 rings (SSSR count). The molecule has 0 amide bonds. The Morgan fingerprint density at radius 2 is 1.62 bits per heavy atom. The number of benzene rings is 1. The predicted octanol–water partition coefficient (Wildman–Crippen LogP) is 2.89. The second-order valence-electron chi connectivity index (χ2n) is 6.10. The van der Waals surface area contributed by atoms with E-state index in [-0.39, 0.29) is 0 Å². The summed E-state index contributed by atoms with van der Waals surface area (Å²) >= 11 is 0. The zero-order chi connectivity index (χ0) is 19.2. The van der Waals surface area contributed by atoms with Gasteiger partial charge in [0.25, 0.3) is 0 Å². The zero-order valence-corrected chi connectivity index (χ0v) is 15.4. The summed E-state index contributed by atoms with van der Waals surface area (Å²) in [4.78, 5) is 20.8. The Morgan fingerprint density at radius 3 is 2.19 bits per heavy atom. The van der Waals surface area contributed by atoms with E-state index in [4.69, 9.17) is 29.3 Å². The molecule has 146 valence electrons. The van der Waals surface area contributed by atoms with Crippen molar-refractivity contribution >= 4 is 11.9 Å². The van der Waals surface area contributed by atoms with E-state index in [1.807, 2.05) is 24.3 Å². The quantitative estimate of drug-likeness (QED) is 0.565. The number of aliphatic carboxylic acids is 2. The van der Waals surface area contributed by atoms with Gasteiger partial charge >= 0.3 is 11.9 Å². The molecule has 1 heterocycles. The van der Waals surface area contributed by atoms with Crippen molar-refractivity contribution in [3.05, 3.63) is 24.3 Å². The minimum absolute atomic E-state index is 0.793. The third-order valence-corrected chi connectivity index (χ3v) is 4.06. The Labute approximate surface area is 154 Å². The number of methoxy groups -OCH3 is 1. The van der Waals surface area contributed by atoms with Gasteiger partial charge in [-0.25, -0.2) is 9.59 Å². The first-order chi connectivity index (χ1) is 12.5. The Hall–Kier alpha value is -2.28. The van der Waals surface area contributed by atoms with Gasteiger partial charge in [0.1, 0.15) is 11.5 Å². The molecule has 1 aliphatic rings. The van der Waals surface area contributed by atoms with Crippen LogP contribution in [0.15, 0.2) is 24.3 Å². The maximum Gasteiger partial charge on any atom is 0.414 e. The van der Waals surface area contributed by atoms with Crippen molar-refractivity contribution < 1.29 is 29.3 Å².